The van der Waals surface area contributed by atoms with Gasteiger partial charge in [-0.05, 0) is 47.8 Å². The predicted octanol–water partition coefficient (Wildman–Crippen LogP) is 2.13. The molecule has 1 aromatic heterocycles. The second kappa shape index (κ2) is 3.35. The number of aromatic nitrogens is 1. The highest BCUT2D eigenvalue weighted by molar-refractivity contribution is 9.10. The van der Waals surface area contributed by atoms with Crippen molar-refractivity contribution in [3.8, 4) is 0 Å². The van der Waals surface area contributed by atoms with Crippen LogP contribution in [0.4, 0.5) is 0 Å². The number of carbonyl (C=O) groups is 1. The lowest BCUT2D eigenvalue weighted by molar-refractivity contribution is 0.0934. The summed E-state index contributed by atoms with van der Waals surface area (Å²) in [5.74, 6) is -0.0509. The lowest BCUT2D eigenvalue weighted by Crippen LogP contribution is -2.34. The number of nitrogens with one attached hydrogen (secondary N) is 1. The highest BCUT2D eigenvalue weighted by Gasteiger charge is 2.39. The lowest BCUT2D eigenvalue weighted by Gasteiger charge is -2.11. The van der Waals surface area contributed by atoms with Gasteiger partial charge in [0.1, 0.15) is 4.60 Å². The minimum Gasteiger partial charge on any atom is -0.347 e. The maximum Gasteiger partial charge on any atom is 0.254 e. The number of hydrogen-bond acceptors (Lipinski definition) is 2. The van der Waals surface area contributed by atoms with E-state index >= 15 is 0 Å². The molecule has 0 saturated heterocycles. The number of carbonyl (C=O) groups excluding carboxylic acids is 1. The molecule has 3 nitrogen and oxygen atoms in total. The van der Waals surface area contributed by atoms with Gasteiger partial charge in [0.15, 0.2) is 0 Å². The molecule has 0 radical (unpaired) electrons. The van der Waals surface area contributed by atoms with Crippen LogP contribution >= 0.6 is 15.9 Å². The fraction of sp³-hybridized carbons (Fsp3) is 0.400. The Balaban J connectivity index is 2.15. The molecule has 0 unspecified atom stereocenters. The molecular formula is C10H11BrN2O. The molecule has 74 valence electrons. The molecule has 0 bridgehead atoms. The number of nitrogens with zero attached hydrogens (tertiary/aromatic N) is 1. The third-order valence-electron chi connectivity index (χ3n) is 2.42. The van der Waals surface area contributed by atoms with Crippen LogP contribution in [0, 0.1) is 0 Å². The van der Waals surface area contributed by atoms with Gasteiger partial charge >= 0.3 is 0 Å². The van der Waals surface area contributed by atoms with Gasteiger partial charge in [-0.25, -0.2) is 4.98 Å². The molecule has 1 N–H and O–H groups in total. The van der Waals surface area contributed by atoms with Gasteiger partial charge in [0.05, 0.1) is 5.56 Å². The maximum absolute atomic E-state index is 11.7. The zero-order valence-electron chi connectivity index (χ0n) is 7.88. The Kier molecular flexibility index (Phi) is 2.31. The predicted molar refractivity (Wildman–Crippen MR) is 57.0 cm³/mol. The molecule has 1 fully saturated rings. The van der Waals surface area contributed by atoms with Crippen molar-refractivity contribution in [1.82, 2.24) is 10.3 Å². The van der Waals surface area contributed by atoms with Crippen LogP contribution in [0.1, 0.15) is 30.1 Å². The molecule has 4 heteroatoms. The van der Waals surface area contributed by atoms with Gasteiger partial charge < -0.3 is 5.32 Å². The van der Waals surface area contributed by atoms with E-state index in [4.69, 9.17) is 0 Å². The van der Waals surface area contributed by atoms with Gasteiger partial charge in [0.2, 0.25) is 0 Å². The molecule has 0 spiro atoms. The SMILES string of the molecule is CC1(NC(=O)c2cccnc2Br)CC1. The highest BCUT2D eigenvalue weighted by Crippen LogP contribution is 2.34. The molecule has 2 rings (SSSR count). The van der Waals surface area contributed by atoms with Gasteiger partial charge in [-0.2, -0.15) is 0 Å². The Morgan fingerprint density at radius 2 is 2.36 bits per heavy atom. The normalized spacial score (nSPS) is 17.6. The van der Waals surface area contributed by atoms with E-state index in [0.717, 1.165) is 12.8 Å². The standard InChI is InChI=1S/C10H11BrN2O/c1-10(4-5-10)13-9(14)7-3-2-6-12-8(7)11/h2-3,6H,4-5H2,1H3,(H,13,14). The molecule has 1 saturated carbocycles. The Morgan fingerprint density at radius 1 is 1.64 bits per heavy atom. The van der Waals surface area contributed by atoms with E-state index in [-0.39, 0.29) is 11.4 Å². The van der Waals surface area contributed by atoms with Crippen LogP contribution in [0.3, 0.4) is 0 Å². The first-order valence-electron chi connectivity index (χ1n) is 4.54. The summed E-state index contributed by atoms with van der Waals surface area (Å²) in [6, 6.07) is 3.52. The largest absolute Gasteiger partial charge is 0.347 e. The topological polar surface area (TPSA) is 42.0 Å². The number of rotatable bonds is 2. The van der Waals surface area contributed by atoms with Crippen LogP contribution in [0.5, 0.6) is 0 Å². The molecule has 14 heavy (non-hydrogen) atoms. The quantitative estimate of drug-likeness (QED) is 0.822. The summed E-state index contributed by atoms with van der Waals surface area (Å²) in [6.07, 6.45) is 3.78. The van der Waals surface area contributed by atoms with E-state index in [1.807, 2.05) is 0 Å². The van der Waals surface area contributed by atoms with E-state index in [2.05, 4.69) is 33.2 Å². The van der Waals surface area contributed by atoms with E-state index in [1.54, 1.807) is 18.3 Å². The number of amides is 1. The summed E-state index contributed by atoms with van der Waals surface area (Å²) >= 11 is 3.25. The van der Waals surface area contributed by atoms with Crippen LogP contribution < -0.4 is 5.32 Å². The van der Waals surface area contributed by atoms with Crippen LogP contribution in [0.15, 0.2) is 22.9 Å². The van der Waals surface area contributed by atoms with Gasteiger partial charge in [0.25, 0.3) is 5.91 Å². The number of pyridine rings is 1. The lowest BCUT2D eigenvalue weighted by atomic mass is 10.2. The minimum atomic E-state index is -0.0509. The molecule has 0 atom stereocenters. The van der Waals surface area contributed by atoms with Gasteiger partial charge in [0, 0.05) is 11.7 Å². The summed E-state index contributed by atoms with van der Waals surface area (Å²) in [4.78, 5) is 15.7. The fourth-order valence-corrected chi connectivity index (χ4v) is 1.64. The summed E-state index contributed by atoms with van der Waals surface area (Å²) in [5.41, 5.74) is 0.618. The zero-order chi connectivity index (χ0) is 10.2. The number of hydrogen-bond donors (Lipinski definition) is 1. The first kappa shape index (κ1) is 9.65. The Bertz CT molecular complexity index is 374. The molecule has 1 aliphatic rings. The minimum absolute atomic E-state index is 0.0202. The van der Waals surface area contributed by atoms with Crippen molar-refractivity contribution >= 4 is 21.8 Å². The first-order valence-corrected chi connectivity index (χ1v) is 5.33. The monoisotopic (exact) mass is 254 g/mol. The van der Waals surface area contributed by atoms with Crippen molar-refractivity contribution < 1.29 is 4.79 Å². The van der Waals surface area contributed by atoms with Gasteiger partial charge in [-0.3, -0.25) is 4.79 Å². The van der Waals surface area contributed by atoms with Crippen molar-refractivity contribution in [2.45, 2.75) is 25.3 Å². The van der Waals surface area contributed by atoms with Crippen molar-refractivity contribution in [3.05, 3.63) is 28.5 Å². The second-order valence-corrected chi connectivity index (χ2v) is 4.61. The summed E-state index contributed by atoms with van der Waals surface area (Å²) in [7, 11) is 0. The van der Waals surface area contributed by atoms with Crippen molar-refractivity contribution in [3.63, 3.8) is 0 Å². The average molecular weight is 255 g/mol. The zero-order valence-corrected chi connectivity index (χ0v) is 9.47. The van der Waals surface area contributed by atoms with Gasteiger partial charge in [-0.15, -0.1) is 0 Å². The first-order chi connectivity index (χ1) is 6.61. The molecule has 1 amide bonds. The average Bonchev–Trinajstić information content (AvgIpc) is 2.84. The van der Waals surface area contributed by atoms with Gasteiger partial charge in [-0.1, -0.05) is 0 Å². The molecule has 1 aliphatic carbocycles. The highest BCUT2D eigenvalue weighted by atomic mass is 79.9. The van der Waals surface area contributed by atoms with Crippen LogP contribution in [0.2, 0.25) is 0 Å². The molecule has 0 aliphatic heterocycles. The maximum atomic E-state index is 11.7. The Labute approximate surface area is 91.0 Å². The summed E-state index contributed by atoms with van der Waals surface area (Å²) in [5, 5.41) is 2.98. The third kappa shape index (κ3) is 1.95. The van der Waals surface area contributed by atoms with Crippen LogP contribution in [-0.2, 0) is 0 Å². The Morgan fingerprint density at radius 3 is 2.93 bits per heavy atom. The molecule has 1 aromatic rings. The van der Waals surface area contributed by atoms with Crippen LogP contribution in [0.25, 0.3) is 0 Å². The fourth-order valence-electron chi connectivity index (χ4n) is 1.21. The number of halogens is 1. The summed E-state index contributed by atoms with van der Waals surface area (Å²) in [6.45, 7) is 2.05. The van der Waals surface area contributed by atoms with E-state index in [0.29, 0.717) is 10.2 Å². The van der Waals surface area contributed by atoms with E-state index in [1.165, 1.54) is 0 Å². The molecule has 0 aromatic carbocycles. The molecular weight excluding hydrogens is 244 g/mol. The Hall–Kier alpha value is -0.900. The second-order valence-electron chi connectivity index (χ2n) is 3.86. The third-order valence-corrected chi connectivity index (χ3v) is 3.05. The van der Waals surface area contributed by atoms with E-state index in [9.17, 15) is 4.79 Å². The van der Waals surface area contributed by atoms with Crippen molar-refractivity contribution in [2.75, 3.05) is 0 Å². The van der Waals surface area contributed by atoms with Crippen molar-refractivity contribution in [1.29, 1.82) is 0 Å². The van der Waals surface area contributed by atoms with Crippen LogP contribution in [-0.4, -0.2) is 16.4 Å². The summed E-state index contributed by atoms with van der Waals surface area (Å²) < 4.78 is 0.599. The smallest absolute Gasteiger partial charge is 0.254 e. The van der Waals surface area contributed by atoms with Crippen molar-refractivity contribution in [2.24, 2.45) is 0 Å². The molecule has 1 heterocycles. The van der Waals surface area contributed by atoms with E-state index < -0.39 is 0 Å².